The van der Waals surface area contributed by atoms with Gasteiger partial charge >= 0.3 is 30.2 Å². The van der Waals surface area contributed by atoms with Crippen molar-refractivity contribution in [3.63, 3.8) is 0 Å². The third-order valence-electron chi connectivity index (χ3n) is 5.22. The van der Waals surface area contributed by atoms with Gasteiger partial charge in [0.25, 0.3) is 0 Å². The second-order valence-corrected chi connectivity index (χ2v) is 7.01. The summed E-state index contributed by atoms with van der Waals surface area (Å²) in [5, 5.41) is 16.7. The first-order valence-electron chi connectivity index (χ1n) is 10.1. The summed E-state index contributed by atoms with van der Waals surface area (Å²) < 4.78 is 0. The second-order valence-electron chi connectivity index (χ2n) is 7.01. The molecule has 1 aliphatic rings. The fourth-order valence-corrected chi connectivity index (χ4v) is 3.42. The molecule has 0 aliphatic heterocycles. The molecule has 180 valence electrons. The van der Waals surface area contributed by atoms with Gasteiger partial charge in [0.05, 0.1) is 0 Å². The molecule has 3 aromatic rings. The maximum absolute atomic E-state index is 7.00. The van der Waals surface area contributed by atoms with Gasteiger partial charge in [-0.3, -0.25) is 6.08 Å². The SMILES string of the molecule is CC1=[C-]C(C)C(C)=C1C.CO.CO.Cc1cc2c(-c3ccccc3)cccc2[cH-]1.[CH3-].[CH3-].[Si]=[Zr]. The van der Waals surface area contributed by atoms with E-state index >= 15 is 0 Å². The van der Waals surface area contributed by atoms with Crippen molar-refractivity contribution in [3.8, 4) is 11.1 Å². The Morgan fingerprint density at radius 2 is 1.39 bits per heavy atom. The van der Waals surface area contributed by atoms with E-state index in [1.54, 1.807) is 0 Å². The van der Waals surface area contributed by atoms with Crippen LogP contribution < -0.4 is 0 Å². The zero-order valence-corrected chi connectivity index (χ0v) is 25.2. The van der Waals surface area contributed by atoms with Gasteiger partial charge in [-0.2, -0.15) is 17.2 Å². The van der Waals surface area contributed by atoms with Crippen LogP contribution in [0.25, 0.3) is 21.9 Å². The number of rotatable bonds is 1. The van der Waals surface area contributed by atoms with Gasteiger partial charge in [0.2, 0.25) is 0 Å². The molecule has 1 unspecified atom stereocenters. The Hall–Kier alpha value is -1.45. The number of hydrogen-bond acceptors (Lipinski definition) is 2. The maximum atomic E-state index is 7.00. The van der Waals surface area contributed by atoms with Crippen molar-refractivity contribution in [2.45, 2.75) is 34.6 Å². The van der Waals surface area contributed by atoms with Gasteiger partial charge in [0, 0.05) is 14.2 Å². The van der Waals surface area contributed by atoms with E-state index in [1.807, 2.05) is 0 Å². The van der Waals surface area contributed by atoms with Crippen LogP contribution in [0.4, 0.5) is 0 Å². The van der Waals surface area contributed by atoms with Crippen LogP contribution in [-0.2, 0) is 23.3 Å². The molecule has 0 bridgehead atoms. The van der Waals surface area contributed by atoms with Crippen LogP contribution in [0.15, 0.2) is 77.4 Å². The molecule has 1 aliphatic carbocycles. The van der Waals surface area contributed by atoms with Crippen molar-refractivity contribution in [1.82, 2.24) is 0 Å². The van der Waals surface area contributed by atoms with Crippen LogP contribution in [0.3, 0.4) is 0 Å². The van der Waals surface area contributed by atoms with E-state index in [4.69, 9.17) is 10.2 Å². The van der Waals surface area contributed by atoms with E-state index in [0.717, 1.165) is 14.2 Å². The fourth-order valence-electron chi connectivity index (χ4n) is 3.42. The molecule has 0 spiro atoms. The van der Waals surface area contributed by atoms with E-state index in [1.165, 1.54) is 67.5 Å². The van der Waals surface area contributed by atoms with E-state index in [-0.39, 0.29) is 14.9 Å². The molecule has 0 aromatic heterocycles. The van der Waals surface area contributed by atoms with E-state index in [0.29, 0.717) is 5.92 Å². The van der Waals surface area contributed by atoms with E-state index in [9.17, 15) is 0 Å². The predicted molar refractivity (Wildman–Crippen MR) is 145 cm³/mol. The molecule has 4 rings (SSSR count). The molecule has 0 heterocycles. The van der Waals surface area contributed by atoms with Crippen LogP contribution in [-0.4, -0.2) is 31.3 Å². The number of allylic oxidation sites excluding steroid dienone is 4. The molecule has 33 heavy (non-hydrogen) atoms. The van der Waals surface area contributed by atoms with E-state index < -0.39 is 0 Å². The summed E-state index contributed by atoms with van der Waals surface area (Å²) in [6.07, 6.45) is 3.36. The first-order valence-corrected chi connectivity index (χ1v) is 14.3. The van der Waals surface area contributed by atoms with Crippen molar-refractivity contribution < 1.29 is 33.5 Å². The summed E-state index contributed by atoms with van der Waals surface area (Å²) in [5.41, 5.74) is 8.19. The standard InChI is InChI=1S/C16H13.C9H13.2CH4O.2CH3.Si.Zr/c1-12-10-14-8-5-9-15(16(14)11-12)13-6-3-2-4-7-13;1-6-5-7(2)9(4)8(6)3;2*1-2;;;;/h2-11H,1H3;6H,1-4H3;2*2H,1H3;2*1H3;;/q2*-1;;;2*-1;;. The van der Waals surface area contributed by atoms with Crippen molar-refractivity contribution in [1.29, 1.82) is 0 Å². The van der Waals surface area contributed by atoms with Crippen LogP contribution in [0, 0.1) is 33.8 Å². The van der Waals surface area contributed by atoms with E-state index in [2.05, 4.69) is 108 Å². The molecule has 1 atom stereocenters. The third kappa shape index (κ3) is 10.6. The van der Waals surface area contributed by atoms with Crippen molar-refractivity contribution in [2.24, 2.45) is 5.92 Å². The summed E-state index contributed by atoms with van der Waals surface area (Å²) in [4.78, 5) is 0. The monoisotopic (exact) mass is 538 g/mol. The zero-order valence-electron chi connectivity index (χ0n) is 21.7. The van der Waals surface area contributed by atoms with Crippen molar-refractivity contribution >= 4 is 17.7 Å². The molecule has 0 saturated carbocycles. The zero-order chi connectivity index (χ0) is 24.0. The first kappa shape index (κ1) is 36.1. The second kappa shape index (κ2) is 20.0. The summed E-state index contributed by atoms with van der Waals surface area (Å²) in [7, 11) is 2.00. The van der Waals surface area contributed by atoms with Gasteiger partial charge in [0.15, 0.2) is 0 Å². The Balaban J connectivity index is -0.000000459. The Bertz CT molecular complexity index is 972. The topological polar surface area (TPSA) is 40.5 Å². The minimum atomic E-state index is 0. The van der Waals surface area contributed by atoms with Crippen LogP contribution in [0.1, 0.15) is 33.3 Å². The molecule has 2 N–H and O–H groups in total. The summed E-state index contributed by atoms with van der Waals surface area (Å²) in [5.74, 6) is 0.560. The van der Waals surface area contributed by atoms with Gasteiger partial charge < -0.3 is 25.1 Å². The number of fused-ring (bicyclic) bond motifs is 1. The molecule has 0 fully saturated rings. The van der Waals surface area contributed by atoms with Crippen LogP contribution in [0.2, 0.25) is 0 Å². The number of aryl methyl sites for hydroxylation is 1. The van der Waals surface area contributed by atoms with Crippen molar-refractivity contribution in [2.75, 3.05) is 14.2 Å². The first-order chi connectivity index (χ1) is 15.0. The van der Waals surface area contributed by atoms with Crippen LogP contribution >= 0.6 is 0 Å². The molecule has 0 saturated heterocycles. The fraction of sp³-hybridized carbons (Fsp3) is 0.276. The molecule has 4 heteroatoms. The Kier molecular flexibility index (Phi) is 21.9. The molecule has 2 radical (unpaired) electrons. The number of aliphatic hydroxyl groups is 2. The Morgan fingerprint density at radius 1 is 0.848 bits per heavy atom. The Morgan fingerprint density at radius 3 is 1.82 bits per heavy atom. The molecule has 0 amide bonds. The van der Waals surface area contributed by atoms with Gasteiger partial charge in [0.1, 0.15) is 0 Å². The molecule has 3 aromatic carbocycles. The van der Waals surface area contributed by atoms with Gasteiger partial charge in [-0.15, -0.1) is 41.5 Å². The Labute approximate surface area is 220 Å². The average Bonchev–Trinajstić information content (AvgIpc) is 3.32. The quantitative estimate of drug-likeness (QED) is 0.258. The van der Waals surface area contributed by atoms with Crippen LogP contribution in [0.5, 0.6) is 0 Å². The number of hydrogen-bond donors (Lipinski definition) is 2. The molecular formula is C29H40O2SiZr-4. The molecule has 2 nitrogen and oxygen atoms in total. The summed E-state index contributed by atoms with van der Waals surface area (Å²) >= 11 is 1.36. The molecular weight excluding hydrogens is 500 g/mol. The number of benzene rings is 2. The summed E-state index contributed by atoms with van der Waals surface area (Å²) in [6, 6.07) is 21.6. The van der Waals surface area contributed by atoms with Gasteiger partial charge in [-0.25, -0.2) is 5.57 Å². The average molecular weight is 540 g/mol. The van der Waals surface area contributed by atoms with Gasteiger partial charge in [-0.05, 0) is 5.56 Å². The number of aliphatic hydroxyl groups excluding tert-OH is 2. The minimum absolute atomic E-state index is 0. The third-order valence-corrected chi connectivity index (χ3v) is 5.22. The summed E-state index contributed by atoms with van der Waals surface area (Å²) in [6.45, 7) is 13.9. The van der Waals surface area contributed by atoms with Gasteiger partial charge in [-0.1, -0.05) is 75.6 Å². The normalized spacial score (nSPS) is 13.1. The predicted octanol–water partition coefficient (Wildman–Crippen LogP) is 6.99. The van der Waals surface area contributed by atoms with Crippen molar-refractivity contribution in [3.05, 3.63) is 104 Å².